The highest BCUT2D eigenvalue weighted by atomic mass is 32.2. The normalized spacial score (nSPS) is 17.2. The fourth-order valence-electron chi connectivity index (χ4n) is 2.38. The van der Waals surface area contributed by atoms with Crippen molar-refractivity contribution in [3.63, 3.8) is 0 Å². The van der Waals surface area contributed by atoms with Crippen LogP contribution in [0.15, 0.2) is 29.2 Å². The molecule has 0 atom stereocenters. The molecule has 1 fully saturated rings. The highest BCUT2D eigenvalue weighted by Gasteiger charge is 2.17. The van der Waals surface area contributed by atoms with E-state index in [4.69, 9.17) is 0 Å². The van der Waals surface area contributed by atoms with Gasteiger partial charge in [-0.15, -0.1) is 0 Å². The van der Waals surface area contributed by atoms with Gasteiger partial charge in [0.05, 0.1) is 4.90 Å². The number of nitrogens with zero attached hydrogens (tertiary/aromatic N) is 1. The minimum Gasteiger partial charge on any atom is -0.310 e. The van der Waals surface area contributed by atoms with Crippen molar-refractivity contribution in [1.82, 2.24) is 9.62 Å². The molecule has 0 aliphatic heterocycles. The van der Waals surface area contributed by atoms with Crippen LogP contribution in [-0.2, 0) is 16.6 Å². The van der Waals surface area contributed by atoms with Gasteiger partial charge in [-0.1, -0.05) is 25.0 Å². The molecule has 1 N–H and O–H groups in total. The van der Waals surface area contributed by atoms with Gasteiger partial charge >= 0.3 is 0 Å². The highest BCUT2D eigenvalue weighted by molar-refractivity contribution is 7.89. The van der Waals surface area contributed by atoms with E-state index >= 15 is 0 Å². The van der Waals surface area contributed by atoms with Crippen LogP contribution in [0.1, 0.15) is 31.2 Å². The van der Waals surface area contributed by atoms with Crippen molar-refractivity contribution < 1.29 is 8.42 Å². The number of benzene rings is 1. The Kier molecular flexibility index (Phi) is 4.60. The topological polar surface area (TPSA) is 49.4 Å². The third-order valence-electron chi connectivity index (χ3n) is 3.65. The van der Waals surface area contributed by atoms with Crippen LogP contribution in [0.5, 0.6) is 0 Å². The molecule has 0 heterocycles. The van der Waals surface area contributed by atoms with Crippen LogP contribution in [0, 0.1) is 0 Å². The lowest BCUT2D eigenvalue weighted by atomic mass is 10.2. The van der Waals surface area contributed by atoms with Crippen LogP contribution < -0.4 is 5.32 Å². The zero-order chi connectivity index (χ0) is 13.9. The van der Waals surface area contributed by atoms with Crippen molar-refractivity contribution in [3.8, 4) is 0 Å². The van der Waals surface area contributed by atoms with Crippen molar-refractivity contribution in [3.05, 3.63) is 29.8 Å². The Morgan fingerprint density at radius 1 is 1.16 bits per heavy atom. The summed E-state index contributed by atoms with van der Waals surface area (Å²) < 4.78 is 25.1. The Morgan fingerprint density at radius 2 is 1.74 bits per heavy atom. The minimum atomic E-state index is -3.31. The molecule has 0 saturated heterocycles. The van der Waals surface area contributed by atoms with Gasteiger partial charge in [0.25, 0.3) is 0 Å². The van der Waals surface area contributed by atoms with Crippen molar-refractivity contribution >= 4 is 10.0 Å². The molecular weight excluding hydrogens is 260 g/mol. The van der Waals surface area contributed by atoms with E-state index in [1.165, 1.54) is 30.0 Å². The maximum Gasteiger partial charge on any atom is 0.242 e. The zero-order valence-electron chi connectivity index (χ0n) is 11.6. The van der Waals surface area contributed by atoms with Crippen LogP contribution in [0.4, 0.5) is 0 Å². The van der Waals surface area contributed by atoms with E-state index in [2.05, 4.69) is 5.32 Å². The molecule has 4 nitrogen and oxygen atoms in total. The van der Waals surface area contributed by atoms with E-state index < -0.39 is 10.0 Å². The summed E-state index contributed by atoms with van der Waals surface area (Å²) in [6.07, 6.45) is 5.15. The van der Waals surface area contributed by atoms with Crippen LogP contribution in [0.25, 0.3) is 0 Å². The average molecular weight is 282 g/mol. The Bertz CT molecular complexity index is 503. The SMILES string of the molecule is CN(C)S(=O)(=O)c1ccc(CNC2CCCC2)cc1. The molecule has 1 aromatic rings. The second-order valence-electron chi connectivity index (χ2n) is 5.29. The predicted octanol–water partition coefficient (Wildman–Crippen LogP) is 1.97. The van der Waals surface area contributed by atoms with Crippen molar-refractivity contribution in [2.45, 2.75) is 43.2 Å². The van der Waals surface area contributed by atoms with Crippen molar-refractivity contribution in [2.75, 3.05) is 14.1 Å². The van der Waals surface area contributed by atoms with E-state index in [1.807, 2.05) is 12.1 Å². The number of hydrogen-bond donors (Lipinski definition) is 1. The second kappa shape index (κ2) is 6.03. The van der Waals surface area contributed by atoms with Crippen LogP contribution in [-0.4, -0.2) is 32.9 Å². The number of hydrogen-bond acceptors (Lipinski definition) is 3. The summed E-state index contributed by atoms with van der Waals surface area (Å²) in [6, 6.07) is 7.77. The molecule has 19 heavy (non-hydrogen) atoms. The molecule has 0 bridgehead atoms. The van der Waals surface area contributed by atoms with Gasteiger partial charge in [0, 0.05) is 26.7 Å². The van der Waals surface area contributed by atoms with Crippen LogP contribution in [0.3, 0.4) is 0 Å². The molecule has 0 spiro atoms. The Balaban J connectivity index is 1.98. The zero-order valence-corrected chi connectivity index (χ0v) is 12.4. The molecule has 1 aromatic carbocycles. The summed E-state index contributed by atoms with van der Waals surface area (Å²) >= 11 is 0. The molecule has 0 radical (unpaired) electrons. The lowest BCUT2D eigenvalue weighted by Gasteiger charge is -2.13. The van der Waals surface area contributed by atoms with Gasteiger partial charge in [-0.2, -0.15) is 0 Å². The first-order valence-corrected chi connectivity index (χ1v) is 8.19. The van der Waals surface area contributed by atoms with E-state index in [1.54, 1.807) is 26.2 Å². The molecule has 1 aliphatic carbocycles. The van der Waals surface area contributed by atoms with Crippen molar-refractivity contribution in [1.29, 1.82) is 0 Å². The van der Waals surface area contributed by atoms with E-state index in [0.717, 1.165) is 12.1 Å². The summed E-state index contributed by atoms with van der Waals surface area (Å²) in [7, 11) is -0.218. The Hall–Kier alpha value is -0.910. The monoisotopic (exact) mass is 282 g/mol. The van der Waals surface area contributed by atoms with Gasteiger partial charge in [0.1, 0.15) is 0 Å². The highest BCUT2D eigenvalue weighted by Crippen LogP contribution is 2.18. The summed E-state index contributed by atoms with van der Waals surface area (Å²) in [5.41, 5.74) is 1.13. The fraction of sp³-hybridized carbons (Fsp3) is 0.571. The van der Waals surface area contributed by atoms with Gasteiger partial charge < -0.3 is 5.32 Å². The molecule has 106 valence electrons. The number of nitrogens with one attached hydrogen (secondary N) is 1. The van der Waals surface area contributed by atoms with E-state index in [0.29, 0.717) is 10.9 Å². The predicted molar refractivity (Wildman–Crippen MR) is 76.4 cm³/mol. The summed E-state index contributed by atoms with van der Waals surface area (Å²) in [4.78, 5) is 0.349. The first-order valence-electron chi connectivity index (χ1n) is 6.75. The van der Waals surface area contributed by atoms with Crippen LogP contribution in [0.2, 0.25) is 0 Å². The summed E-state index contributed by atoms with van der Waals surface area (Å²) in [5, 5.41) is 3.52. The smallest absolute Gasteiger partial charge is 0.242 e. The van der Waals surface area contributed by atoms with Gasteiger partial charge in [-0.25, -0.2) is 12.7 Å². The fourth-order valence-corrected chi connectivity index (χ4v) is 3.28. The molecule has 0 unspecified atom stereocenters. The lowest BCUT2D eigenvalue weighted by molar-refractivity contribution is 0.519. The maximum absolute atomic E-state index is 11.9. The molecule has 0 aromatic heterocycles. The molecule has 1 aliphatic rings. The lowest BCUT2D eigenvalue weighted by Crippen LogP contribution is -2.25. The Morgan fingerprint density at radius 3 is 2.26 bits per heavy atom. The van der Waals surface area contributed by atoms with Gasteiger partial charge in [-0.3, -0.25) is 0 Å². The number of rotatable bonds is 5. The molecule has 0 amide bonds. The van der Waals surface area contributed by atoms with E-state index in [9.17, 15) is 8.42 Å². The van der Waals surface area contributed by atoms with Gasteiger partial charge in [0.2, 0.25) is 10.0 Å². The third kappa shape index (κ3) is 3.55. The molecule has 2 rings (SSSR count). The first-order chi connectivity index (χ1) is 9.00. The van der Waals surface area contributed by atoms with Gasteiger partial charge in [0.15, 0.2) is 0 Å². The van der Waals surface area contributed by atoms with Gasteiger partial charge in [-0.05, 0) is 30.5 Å². The second-order valence-corrected chi connectivity index (χ2v) is 7.45. The van der Waals surface area contributed by atoms with Crippen LogP contribution >= 0.6 is 0 Å². The summed E-state index contributed by atoms with van der Waals surface area (Å²) in [6.45, 7) is 0.812. The number of sulfonamides is 1. The first kappa shape index (κ1) is 14.5. The maximum atomic E-state index is 11.9. The standard InChI is InChI=1S/C14H22N2O2S/c1-16(2)19(17,18)14-9-7-12(8-10-14)11-15-13-5-3-4-6-13/h7-10,13,15H,3-6,11H2,1-2H3. The van der Waals surface area contributed by atoms with E-state index in [-0.39, 0.29) is 0 Å². The molecule has 1 saturated carbocycles. The largest absolute Gasteiger partial charge is 0.310 e. The van der Waals surface area contributed by atoms with Crippen molar-refractivity contribution in [2.24, 2.45) is 0 Å². The Labute approximate surface area is 115 Å². The third-order valence-corrected chi connectivity index (χ3v) is 5.48. The average Bonchev–Trinajstić information content (AvgIpc) is 2.90. The molecular formula is C14H22N2O2S. The quantitative estimate of drug-likeness (QED) is 0.898. The molecule has 5 heteroatoms. The minimum absolute atomic E-state index is 0.349. The summed E-state index contributed by atoms with van der Waals surface area (Å²) in [5.74, 6) is 0.